The van der Waals surface area contributed by atoms with E-state index in [1.165, 1.54) is 36.5 Å². The highest BCUT2D eigenvalue weighted by molar-refractivity contribution is 6.04. The Balaban J connectivity index is 2.23. The van der Waals surface area contributed by atoms with Crippen LogP contribution in [0.4, 0.5) is 14.6 Å². The van der Waals surface area contributed by atoms with E-state index in [1.807, 2.05) is 0 Å². The predicted octanol–water partition coefficient (Wildman–Crippen LogP) is 3.04. The van der Waals surface area contributed by atoms with Crippen LogP contribution in [0.1, 0.15) is 17.3 Å². The van der Waals surface area contributed by atoms with Crippen LogP contribution in [0.25, 0.3) is 0 Å². The summed E-state index contributed by atoms with van der Waals surface area (Å²) in [6, 6.07) is 6.67. The van der Waals surface area contributed by atoms with Gasteiger partial charge in [-0.15, -0.1) is 0 Å². The molecule has 0 saturated carbocycles. The lowest BCUT2D eigenvalue weighted by atomic mass is 10.2. The van der Waals surface area contributed by atoms with Gasteiger partial charge in [-0.3, -0.25) is 4.79 Å². The molecule has 2 rings (SSSR count). The molecule has 0 aliphatic rings. The lowest BCUT2D eigenvalue weighted by Gasteiger charge is -2.12. The highest BCUT2D eigenvalue weighted by Crippen LogP contribution is 2.30. The van der Waals surface area contributed by atoms with E-state index in [-0.39, 0.29) is 35.2 Å². The Hall–Kier alpha value is -2.90. The molecule has 2 aromatic rings. The third kappa shape index (κ3) is 4.29. The lowest BCUT2D eigenvalue weighted by Crippen LogP contribution is -2.13. The van der Waals surface area contributed by atoms with E-state index in [0.717, 1.165) is 0 Å². The molecule has 0 aliphatic heterocycles. The molecule has 6 nitrogen and oxygen atoms in total. The Morgan fingerprint density at radius 1 is 1.35 bits per heavy atom. The summed E-state index contributed by atoms with van der Waals surface area (Å²) in [5, 5.41) is 12.0. The molecule has 1 amide bonds. The van der Waals surface area contributed by atoms with E-state index in [9.17, 15) is 18.7 Å². The van der Waals surface area contributed by atoms with Crippen molar-refractivity contribution in [3.8, 4) is 17.2 Å². The van der Waals surface area contributed by atoms with Crippen molar-refractivity contribution >= 4 is 11.7 Å². The molecule has 8 heteroatoms. The van der Waals surface area contributed by atoms with Gasteiger partial charge in [0.25, 0.3) is 5.91 Å². The van der Waals surface area contributed by atoms with E-state index in [4.69, 9.17) is 4.74 Å². The first-order valence-electron chi connectivity index (χ1n) is 6.68. The van der Waals surface area contributed by atoms with E-state index in [1.54, 1.807) is 6.92 Å². The van der Waals surface area contributed by atoms with Crippen molar-refractivity contribution in [2.24, 2.45) is 0 Å². The summed E-state index contributed by atoms with van der Waals surface area (Å²) in [5.41, 5.74) is 0.139. The second kappa shape index (κ2) is 7.39. The molecular formula is C15H14F2N2O4. The fourth-order valence-corrected chi connectivity index (χ4v) is 1.78. The van der Waals surface area contributed by atoms with Gasteiger partial charge in [-0.25, -0.2) is 4.98 Å². The van der Waals surface area contributed by atoms with Gasteiger partial charge in [0, 0.05) is 11.8 Å². The topological polar surface area (TPSA) is 80.7 Å². The predicted molar refractivity (Wildman–Crippen MR) is 78.1 cm³/mol. The van der Waals surface area contributed by atoms with Crippen LogP contribution in [0, 0.1) is 0 Å². The van der Waals surface area contributed by atoms with Crippen LogP contribution < -0.4 is 14.8 Å². The number of ether oxygens (including phenoxy) is 2. The fraction of sp³-hybridized carbons (Fsp3) is 0.200. The third-order valence-corrected chi connectivity index (χ3v) is 2.74. The van der Waals surface area contributed by atoms with E-state index in [0.29, 0.717) is 0 Å². The highest BCUT2D eigenvalue weighted by atomic mass is 19.3. The van der Waals surface area contributed by atoms with Crippen LogP contribution >= 0.6 is 0 Å². The maximum Gasteiger partial charge on any atom is 0.387 e. The first kappa shape index (κ1) is 16.5. The first-order valence-corrected chi connectivity index (χ1v) is 6.68. The molecule has 0 fully saturated rings. The highest BCUT2D eigenvalue weighted by Gasteiger charge is 2.15. The zero-order valence-electron chi connectivity index (χ0n) is 12.1. The van der Waals surface area contributed by atoms with Gasteiger partial charge in [0.05, 0.1) is 6.61 Å². The van der Waals surface area contributed by atoms with Gasteiger partial charge < -0.3 is 19.9 Å². The molecule has 1 aromatic heterocycles. The number of carbonyl (C=O) groups excluding carboxylic acids is 1. The number of hydrogen-bond donors (Lipinski definition) is 2. The molecule has 23 heavy (non-hydrogen) atoms. The normalized spacial score (nSPS) is 10.4. The number of nitrogens with one attached hydrogen (secondary N) is 1. The second-order valence-electron chi connectivity index (χ2n) is 4.30. The minimum atomic E-state index is -3.00. The van der Waals surface area contributed by atoms with Crippen LogP contribution in [0.5, 0.6) is 17.2 Å². The Bertz CT molecular complexity index is 695. The number of aromatic hydroxyl groups is 1. The molecule has 0 bridgehead atoms. The fourth-order valence-electron chi connectivity index (χ4n) is 1.78. The minimum Gasteiger partial charge on any atom is -0.504 e. The zero-order valence-corrected chi connectivity index (χ0v) is 12.1. The van der Waals surface area contributed by atoms with E-state index < -0.39 is 12.5 Å². The number of anilines is 1. The monoisotopic (exact) mass is 324 g/mol. The first-order chi connectivity index (χ1) is 11.0. The summed E-state index contributed by atoms with van der Waals surface area (Å²) in [7, 11) is 0. The zero-order chi connectivity index (χ0) is 16.8. The van der Waals surface area contributed by atoms with Gasteiger partial charge in [0.1, 0.15) is 0 Å². The number of halogens is 2. The van der Waals surface area contributed by atoms with Crippen molar-refractivity contribution in [1.29, 1.82) is 0 Å². The molecule has 122 valence electrons. The minimum absolute atomic E-state index is 0.0108. The number of benzene rings is 1. The van der Waals surface area contributed by atoms with Gasteiger partial charge in [-0.1, -0.05) is 0 Å². The van der Waals surface area contributed by atoms with Crippen molar-refractivity contribution in [1.82, 2.24) is 4.98 Å². The van der Waals surface area contributed by atoms with Crippen molar-refractivity contribution < 1.29 is 28.2 Å². The van der Waals surface area contributed by atoms with E-state index >= 15 is 0 Å². The van der Waals surface area contributed by atoms with Gasteiger partial charge in [0.2, 0.25) is 0 Å². The van der Waals surface area contributed by atoms with Gasteiger partial charge in [0.15, 0.2) is 23.1 Å². The second-order valence-corrected chi connectivity index (χ2v) is 4.30. The molecule has 1 aromatic carbocycles. The molecule has 0 saturated heterocycles. The Kier molecular flexibility index (Phi) is 5.29. The largest absolute Gasteiger partial charge is 0.504 e. The van der Waals surface area contributed by atoms with Gasteiger partial charge in [-0.05, 0) is 37.3 Å². The number of aromatic nitrogens is 1. The number of amides is 1. The number of hydrogen-bond acceptors (Lipinski definition) is 5. The summed E-state index contributed by atoms with van der Waals surface area (Å²) < 4.78 is 34.2. The maximum absolute atomic E-state index is 12.3. The average Bonchev–Trinajstić information content (AvgIpc) is 2.51. The summed E-state index contributed by atoms with van der Waals surface area (Å²) in [6.07, 6.45) is 1.40. The van der Waals surface area contributed by atoms with Gasteiger partial charge >= 0.3 is 6.61 Å². The number of nitrogens with zero attached hydrogens (tertiary/aromatic N) is 1. The molecule has 1 heterocycles. The van der Waals surface area contributed by atoms with Crippen molar-refractivity contribution in [2.45, 2.75) is 13.5 Å². The summed E-state index contributed by atoms with van der Waals surface area (Å²) in [6.45, 7) is -1.12. The number of rotatable bonds is 6. The van der Waals surface area contributed by atoms with E-state index in [2.05, 4.69) is 15.0 Å². The Morgan fingerprint density at radius 2 is 2.13 bits per heavy atom. The van der Waals surface area contributed by atoms with Gasteiger partial charge in [-0.2, -0.15) is 8.78 Å². The smallest absolute Gasteiger partial charge is 0.387 e. The number of alkyl halides is 2. The quantitative estimate of drug-likeness (QED) is 0.853. The van der Waals surface area contributed by atoms with Crippen molar-refractivity contribution in [3.63, 3.8) is 0 Å². The van der Waals surface area contributed by atoms with Crippen LogP contribution in [0.15, 0.2) is 36.5 Å². The lowest BCUT2D eigenvalue weighted by molar-refractivity contribution is -0.0514. The number of pyridine rings is 1. The van der Waals surface area contributed by atoms with Crippen molar-refractivity contribution in [2.75, 3.05) is 11.9 Å². The van der Waals surface area contributed by atoms with Crippen LogP contribution in [-0.4, -0.2) is 29.2 Å². The SMILES string of the molecule is CCOc1cc(C(=O)Nc2ncccc2O)ccc1OC(F)F. The molecule has 0 unspecified atom stereocenters. The molecular weight excluding hydrogens is 310 g/mol. The van der Waals surface area contributed by atoms with Crippen molar-refractivity contribution in [3.05, 3.63) is 42.1 Å². The molecule has 0 atom stereocenters. The summed E-state index contributed by atoms with van der Waals surface area (Å²) in [5.74, 6) is -0.930. The van der Waals surface area contributed by atoms with Crippen LogP contribution in [-0.2, 0) is 0 Å². The number of carbonyl (C=O) groups is 1. The molecule has 2 N–H and O–H groups in total. The molecule has 0 spiro atoms. The average molecular weight is 324 g/mol. The Morgan fingerprint density at radius 3 is 2.78 bits per heavy atom. The summed E-state index contributed by atoms with van der Waals surface area (Å²) >= 11 is 0. The summed E-state index contributed by atoms with van der Waals surface area (Å²) in [4.78, 5) is 16.0. The third-order valence-electron chi connectivity index (χ3n) is 2.74. The molecule has 0 aliphatic carbocycles. The Labute approximate surface area is 130 Å². The molecule has 0 radical (unpaired) electrons. The van der Waals surface area contributed by atoms with Crippen LogP contribution in [0.2, 0.25) is 0 Å². The standard InChI is InChI=1S/C15H14F2N2O4/c1-2-22-12-8-9(5-6-11(12)23-15(16)17)14(21)19-13-10(20)4-3-7-18-13/h3-8,15,20H,2H2,1H3,(H,18,19,21). The van der Waals surface area contributed by atoms with Crippen LogP contribution in [0.3, 0.4) is 0 Å². The maximum atomic E-state index is 12.3.